The minimum Gasteiger partial charge on any atom is -0.490 e. The highest BCUT2D eigenvalue weighted by molar-refractivity contribution is 5.81. The van der Waals surface area contributed by atoms with Crippen LogP contribution in [-0.4, -0.2) is 45.3 Å². The minimum absolute atomic E-state index is 0.0161. The molecule has 1 aromatic heterocycles. The first-order valence-corrected chi connectivity index (χ1v) is 11.1. The van der Waals surface area contributed by atoms with Gasteiger partial charge in [-0.1, -0.05) is 23.4 Å². The Bertz CT molecular complexity index is 1260. The second-order valence-corrected chi connectivity index (χ2v) is 8.71. The van der Waals surface area contributed by atoms with E-state index in [1.807, 2.05) is 32.0 Å². The lowest BCUT2D eigenvalue weighted by Gasteiger charge is -2.24. The number of likely N-dealkylation sites (tertiary alicyclic amines) is 1. The zero-order valence-corrected chi connectivity index (χ0v) is 18.5. The topological polar surface area (TPSA) is 112 Å². The molecular weight excluding hydrogens is 420 g/mol. The van der Waals surface area contributed by atoms with E-state index in [0.29, 0.717) is 41.6 Å². The first-order chi connectivity index (χ1) is 16.0. The molecular formula is C25H24N4O4. The van der Waals surface area contributed by atoms with Crippen molar-refractivity contribution in [3.8, 4) is 34.7 Å². The molecule has 1 aliphatic carbocycles. The fraction of sp³-hybridized carbons (Fsp3) is 0.360. The number of aliphatic hydroxyl groups is 1. The van der Waals surface area contributed by atoms with Gasteiger partial charge in [-0.05, 0) is 55.5 Å². The molecule has 0 spiro atoms. The summed E-state index contributed by atoms with van der Waals surface area (Å²) in [6.45, 7) is 4.10. The summed E-state index contributed by atoms with van der Waals surface area (Å²) >= 11 is 0. The molecule has 1 saturated heterocycles. The Morgan fingerprint density at radius 2 is 2.15 bits per heavy atom. The molecule has 2 aliphatic rings. The van der Waals surface area contributed by atoms with Gasteiger partial charge in [0.15, 0.2) is 0 Å². The van der Waals surface area contributed by atoms with Crippen LogP contribution < -0.4 is 4.74 Å². The molecule has 1 fully saturated rings. The van der Waals surface area contributed by atoms with Gasteiger partial charge in [-0.15, -0.1) is 0 Å². The maximum atomic E-state index is 12.4. The maximum absolute atomic E-state index is 12.4. The van der Waals surface area contributed by atoms with E-state index in [9.17, 15) is 15.2 Å². The van der Waals surface area contributed by atoms with Crippen molar-refractivity contribution in [2.24, 2.45) is 5.92 Å². The third kappa shape index (κ3) is 3.64. The van der Waals surface area contributed by atoms with E-state index < -0.39 is 0 Å². The summed E-state index contributed by atoms with van der Waals surface area (Å²) in [5.74, 6) is 1.60. The van der Waals surface area contributed by atoms with Crippen molar-refractivity contribution in [3.05, 3.63) is 53.1 Å². The molecule has 0 saturated carbocycles. The highest BCUT2D eigenvalue weighted by atomic mass is 16.5. The van der Waals surface area contributed by atoms with Crippen LogP contribution in [0.2, 0.25) is 0 Å². The van der Waals surface area contributed by atoms with Crippen molar-refractivity contribution >= 4 is 5.91 Å². The highest BCUT2D eigenvalue weighted by Gasteiger charge is 2.46. The van der Waals surface area contributed by atoms with Gasteiger partial charge in [0.2, 0.25) is 11.7 Å². The van der Waals surface area contributed by atoms with Gasteiger partial charge in [0.25, 0.3) is 5.89 Å². The van der Waals surface area contributed by atoms with Crippen molar-refractivity contribution in [2.45, 2.75) is 38.8 Å². The van der Waals surface area contributed by atoms with Crippen LogP contribution in [-0.2, 0) is 11.2 Å². The third-order valence-corrected chi connectivity index (χ3v) is 6.25. The van der Waals surface area contributed by atoms with Crippen LogP contribution in [0, 0.1) is 17.2 Å². The Balaban J connectivity index is 1.48. The van der Waals surface area contributed by atoms with E-state index in [2.05, 4.69) is 16.2 Å². The Kier molecular flexibility index (Phi) is 5.35. The van der Waals surface area contributed by atoms with Gasteiger partial charge < -0.3 is 19.3 Å². The van der Waals surface area contributed by atoms with Gasteiger partial charge in [-0.25, -0.2) is 0 Å². The van der Waals surface area contributed by atoms with Crippen LogP contribution in [0.3, 0.4) is 0 Å². The number of nitrogens with zero attached hydrogens (tertiary/aromatic N) is 4. The number of carbonyl (C=O) groups excluding carboxylic acids is 1. The molecule has 3 aromatic rings. The normalized spacial score (nSPS) is 19.0. The summed E-state index contributed by atoms with van der Waals surface area (Å²) in [5, 5.41) is 23.1. The summed E-state index contributed by atoms with van der Waals surface area (Å²) in [5.41, 5.74) is 4.14. The van der Waals surface area contributed by atoms with Crippen molar-refractivity contribution in [1.82, 2.24) is 15.0 Å². The number of rotatable bonds is 6. The molecule has 1 aliphatic heterocycles. The number of fused-ring (bicyclic) bond motifs is 3. The molecule has 2 unspecified atom stereocenters. The predicted octanol–water partition coefficient (Wildman–Crippen LogP) is 3.50. The standard InChI is InChI=1S/C25H24N4O4/c1-14(2)32-21-7-6-15(10-17(21)13-26)25-27-24(28-33-25)19-5-3-4-18-20(19)11-16-12-22(31)29(8-9-30)23(16)18/h3-7,10,14,16,23,30H,8-9,11-12H2,1-2H3. The first kappa shape index (κ1) is 21.2. The summed E-state index contributed by atoms with van der Waals surface area (Å²) < 4.78 is 11.2. The van der Waals surface area contributed by atoms with Crippen LogP contribution >= 0.6 is 0 Å². The van der Waals surface area contributed by atoms with Crippen LogP contribution in [0.1, 0.15) is 43.0 Å². The largest absolute Gasteiger partial charge is 0.490 e. The number of hydrogen-bond acceptors (Lipinski definition) is 7. The molecule has 0 bridgehead atoms. The lowest BCUT2D eigenvalue weighted by Crippen LogP contribution is -2.30. The van der Waals surface area contributed by atoms with Gasteiger partial charge >= 0.3 is 0 Å². The summed E-state index contributed by atoms with van der Waals surface area (Å²) in [4.78, 5) is 18.8. The van der Waals surface area contributed by atoms with Crippen LogP contribution in [0.5, 0.6) is 5.75 Å². The molecule has 8 heteroatoms. The summed E-state index contributed by atoms with van der Waals surface area (Å²) in [6.07, 6.45) is 1.20. The monoisotopic (exact) mass is 444 g/mol. The van der Waals surface area contributed by atoms with Gasteiger partial charge in [-0.3, -0.25) is 4.79 Å². The fourth-order valence-corrected chi connectivity index (χ4v) is 4.98. The number of hydrogen-bond donors (Lipinski definition) is 1. The molecule has 2 atom stereocenters. The Labute approximate surface area is 191 Å². The number of aliphatic hydroxyl groups excluding tert-OH is 1. The van der Waals surface area contributed by atoms with Gasteiger partial charge in [0, 0.05) is 24.1 Å². The van der Waals surface area contributed by atoms with E-state index in [4.69, 9.17) is 9.26 Å². The maximum Gasteiger partial charge on any atom is 0.258 e. The van der Waals surface area contributed by atoms with Crippen LogP contribution in [0.25, 0.3) is 22.8 Å². The average Bonchev–Trinajstić information content (AvgIpc) is 3.49. The average molecular weight is 444 g/mol. The van der Waals surface area contributed by atoms with Crippen LogP contribution in [0.15, 0.2) is 40.9 Å². The third-order valence-electron chi connectivity index (χ3n) is 6.25. The molecule has 168 valence electrons. The Morgan fingerprint density at radius 1 is 1.30 bits per heavy atom. The smallest absolute Gasteiger partial charge is 0.258 e. The molecule has 1 N–H and O–H groups in total. The SMILES string of the molecule is CC(C)Oc1ccc(-c2nc(-c3cccc4c3CC3CC(=O)N(CCO)C43)no2)cc1C#N. The van der Waals surface area contributed by atoms with E-state index in [1.165, 1.54) is 0 Å². The van der Waals surface area contributed by atoms with Gasteiger partial charge in [0.1, 0.15) is 11.8 Å². The number of amides is 1. The van der Waals surface area contributed by atoms with Gasteiger partial charge in [0.05, 0.1) is 24.3 Å². The quantitative estimate of drug-likeness (QED) is 0.619. The van der Waals surface area contributed by atoms with Crippen molar-refractivity contribution < 1.29 is 19.2 Å². The molecule has 2 aromatic carbocycles. The predicted molar refractivity (Wildman–Crippen MR) is 119 cm³/mol. The van der Waals surface area contributed by atoms with E-state index in [0.717, 1.165) is 23.1 Å². The lowest BCUT2D eigenvalue weighted by atomic mass is 10.0. The first-order valence-electron chi connectivity index (χ1n) is 11.1. The number of ether oxygens (including phenoxy) is 1. The van der Waals surface area contributed by atoms with Crippen molar-refractivity contribution in [1.29, 1.82) is 5.26 Å². The number of β-amino-alcohol motifs (C(OH)–C–C–N with tert-alkyl or cyclic N) is 1. The number of benzene rings is 2. The number of aromatic nitrogens is 2. The molecule has 33 heavy (non-hydrogen) atoms. The molecule has 1 amide bonds. The fourth-order valence-electron chi connectivity index (χ4n) is 4.98. The zero-order valence-electron chi connectivity index (χ0n) is 18.5. The summed E-state index contributed by atoms with van der Waals surface area (Å²) in [6, 6.07) is 13.3. The number of nitriles is 1. The van der Waals surface area contributed by atoms with Crippen molar-refractivity contribution in [3.63, 3.8) is 0 Å². The second-order valence-electron chi connectivity index (χ2n) is 8.71. The second kappa shape index (κ2) is 8.34. The summed E-state index contributed by atoms with van der Waals surface area (Å²) in [7, 11) is 0. The Morgan fingerprint density at radius 3 is 2.91 bits per heavy atom. The van der Waals surface area contributed by atoms with E-state index >= 15 is 0 Å². The zero-order chi connectivity index (χ0) is 23.1. The molecule has 2 heterocycles. The molecule has 8 nitrogen and oxygen atoms in total. The molecule has 5 rings (SSSR count). The number of carbonyl (C=O) groups is 1. The van der Waals surface area contributed by atoms with Crippen molar-refractivity contribution in [2.75, 3.05) is 13.2 Å². The minimum atomic E-state index is -0.0517. The lowest BCUT2D eigenvalue weighted by molar-refractivity contribution is -0.129. The Hall–Kier alpha value is -3.70. The van der Waals surface area contributed by atoms with E-state index in [1.54, 1.807) is 23.1 Å². The van der Waals surface area contributed by atoms with E-state index in [-0.39, 0.29) is 30.6 Å². The van der Waals surface area contributed by atoms with Gasteiger partial charge in [-0.2, -0.15) is 10.2 Å². The molecule has 0 radical (unpaired) electrons. The van der Waals surface area contributed by atoms with Crippen LogP contribution in [0.4, 0.5) is 0 Å². The highest BCUT2D eigenvalue weighted by Crippen LogP contribution is 2.49.